The maximum Gasteiger partial charge on any atom is 0.447 e. The van der Waals surface area contributed by atoms with E-state index in [-0.39, 0.29) is 47.9 Å². The summed E-state index contributed by atoms with van der Waals surface area (Å²) in [6.07, 6.45) is 1.56. The monoisotopic (exact) mass is 567 g/mol. The van der Waals surface area contributed by atoms with Crippen molar-refractivity contribution in [3.8, 4) is 17.6 Å². The van der Waals surface area contributed by atoms with Crippen LogP contribution in [0.1, 0.15) is 22.8 Å². The summed E-state index contributed by atoms with van der Waals surface area (Å²) in [6, 6.07) is 9.94. The molecule has 2 N–H and O–H groups in total. The third-order valence-corrected chi connectivity index (χ3v) is 6.83. The number of aliphatic hydroxyl groups is 1. The van der Waals surface area contributed by atoms with E-state index in [4.69, 9.17) is 4.74 Å². The minimum Gasteiger partial charge on any atom is -0.495 e. The van der Waals surface area contributed by atoms with E-state index in [0.29, 0.717) is 27.0 Å². The maximum absolute atomic E-state index is 13.1. The minimum atomic E-state index is -4.45. The Morgan fingerprint density at radius 3 is 2.71 bits per heavy atom. The number of likely N-dealkylation sites (tertiary alicyclic amines) is 1. The van der Waals surface area contributed by atoms with E-state index < -0.39 is 11.1 Å². The van der Waals surface area contributed by atoms with Gasteiger partial charge in [0.1, 0.15) is 10.8 Å². The van der Waals surface area contributed by atoms with Gasteiger partial charge in [-0.15, -0.1) is 0 Å². The zero-order chi connectivity index (χ0) is 25.4. The first-order valence-electron chi connectivity index (χ1n) is 10.5. The standard InChI is InChI=1S/C24H21BrF3N3O3S/c1-23(33)13-30(14-23)21(32)15-7-8-18(20(12-15)34-2)29-9-3-5-16-11-19-17(25)6-4-10-31(19)22(16)35-24(26,27)28/h4,6-8,10-12,29,33H,9,13-14H2,1-2H3. The molecule has 1 aromatic carbocycles. The van der Waals surface area contributed by atoms with Crippen LogP contribution in [0.25, 0.3) is 5.52 Å². The van der Waals surface area contributed by atoms with Crippen molar-refractivity contribution in [3.63, 3.8) is 0 Å². The molecule has 0 spiro atoms. The van der Waals surface area contributed by atoms with Crippen molar-refractivity contribution in [1.82, 2.24) is 9.30 Å². The number of carbonyl (C=O) groups excluding carboxylic acids is 1. The topological polar surface area (TPSA) is 66.2 Å². The smallest absolute Gasteiger partial charge is 0.447 e. The highest BCUT2D eigenvalue weighted by Crippen LogP contribution is 2.40. The summed E-state index contributed by atoms with van der Waals surface area (Å²) in [5.41, 5.74) is -3.46. The quantitative estimate of drug-likeness (QED) is 0.336. The molecule has 6 nitrogen and oxygen atoms in total. The van der Waals surface area contributed by atoms with E-state index in [1.54, 1.807) is 54.4 Å². The third kappa shape index (κ3) is 5.72. The normalized spacial score (nSPS) is 14.8. The highest BCUT2D eigenvalue weighted by Gasteiger charge is 2.39. The SMILES string of the molecule is COc1cc(C(=O)N2CC(C)(O)C2)ccc1NCC#Cc1cc2c(Br)cccn2c1SC(F)(F)F. The van der Waals surface area contributed by atoms with Gasteiger partial charge in [-0.1, -0.05) is 11.8 Å². The fraction of sp³-hybridized carbons (Fsp3) is 0.292. The molecule has 1 saturated heterocycles. The molecule has 1 aliphatic heterocycles. The molecule has 1 amide bonds. The molecule has 3 aromatic rings. The van der Waals surface area contributed by atoms with E-state index >= 15 is 0 Å². The van der Waals surface area contributed by atoms with Gasteiger partial charge in [0.15, 0.2) is 0 Å². The lowest BCUT2D eigenvalue weighted by Gasteiger charge is -2.44. The van der Waals surface area contributed by atoms with Gasteiger partial charge < -0.3 is 24.5 Å². The number of nitrogens with one attached hydrogen (secondary N) is 1. The third-order valence-electron chi connectivity index (χ3n) is 5.31. The lowest BCUT2D eigenvalue weighted by atomic mass is 9.96. The summed E-state index contributed by atoms with van der Waals surface area (Å²) in [4.78, 5) is 14.1. The average molecular weight is 568 g/mol. The molecule has 0 unspecified atom stereocenters. The number of β-amino-alcohol motifs (C(OH)–C–C–N with tert-alkyl or cyclic N) is 1. The zero-order valence-corrected chi connectivity index (χ0v) is 21.1. The molecule has 0 bridgehead atoms. The van der Waals surface area contributed by atoms with Crippen molar-refractivity contribution < 1.29 is 27.8 Å². The van der Waals surface area contributed by atoms with Crippen LogP contribution >= 0.6 is 27.7 Å². The number of ether oxygens (including phenoxy) is 1. The second-order valence-corrected chi connectivity index (χ2v) is 10.2. The molecule has 0 radical (unpaired) electrons. The fourth-order valence-electron chi connectivity index (χ4n) is 3.79. The molecule has 184 valence electrons. The number of methoxy groups -OCH3 is 1. The predicted molar refractivity (Wildman–Crippen MR) is 132 cm³/mol. The van der Waals surface area contributed by atoms with Gasteiger partial charge in [0.2, 0.25) is 0 Å². The number of anilines is 1. The Balaban J connectivity index is 1.50. The first-order valence-corrected chi connectivity index (χ1v) is 12.1. The second-order valence-electron chi connectivity index (χ2n) is 8.25. The van der Waals surface area contributed by atoms with Crippen LogP contribution in [0.4, 0.5) is 18.9 Å². The van der Waals surface area contributed by atoms with Gasteiger partial charge in [0.05, 0.1) is 49.1 Å². The van der Waals surface area contributed by atoms with E-state index in [0.717, 1.165) is 0 Å². The summed E-state index contributed by atoms with van der Waals surface area (Å²) < 4.78 is 46.9. The molecule has 4 rings (SSSR count). The molecule has 0 aliphatic carbocycles. The highest BCUT2D eigenvalue weighted by molar-refractivity contribution is 9.10. The second kappa shape index (κ2) is 9.68. The molecule has 3 heterocycles. The summed E-state index contributed by atoms with van der Waals surface area (Å²) in [7, 11) is 1.47. The van der Waals surface area contributed by atoms with Gasteiger partial charge in [0, 0.05) is 28.0 Å². The van der Waals surface area contributed by atoms with Crippen LogP contribution in [-0.4, -0.2) is 58.2 Å². The van der Waals surface area contributed by atoms with E-state index in [1.807, 2.05) is 0 Å². The number of aromatic nitrogens is 1. The number of amides is 1. The van der Waals surface area contributed by atoms with Crippen LogP contribution in [0, 0.1) is 11.8 Å². The number of benzene rings is 1. The van der Waals surface area contributed by atoms with Crippen molar-refractivity contribution in [1.29, 1.82) is 0 Å². The Kier molecular flexibility index (Phi) is 6.99. The lowest BCUT2D eigenvalue weighted by Crippen LogP contribution is -2.61. The molecular weight excluding hydrogens is 547 g/mol. The lowest BCUT2D eigenvalue weighted by molar-refractivity contribution is -0.0668. The van der Waals surface area contributed by atoms with Gasteiger partial charge in [-0.2, -0.15) is 13.2 Å². The number of hydrogen-bond donors (Lipinski definition) is 2. The molecule has 0 saturated carbocycles. The molecule has 0 atom stereocenters. The average Bonchev–Trinajstić information content (AvgIpc) is 3.11. The van der Waals surface area contributed by atoms with Crippen LogP contribution in [0.3, 0.4) is 0 Å². The van der Waals surface area contributed by atoms with Crippen LogP contribution < -0.4 is 10.1 Å². The maximum atomic E-state index is 13.1. The Bertz CT molecular complexity index is 1340. The molecule has 1 aliphatic rings. The first-order chi connectivity index (χ1) is 16.5. The summed E-state index contributed by atoms with van der Waals surface area (Å²) >= 11 is 3.16. The van der Waals surface area contributed by atoms with Gasteiger partial charge in [-0.05, 0) is 59.3 Å². The van der Waals surface area contributed by atoms with E-state index in [2.05, 4.69) is 33.1 Å². The largest absolute Gasteiger partial charge is 0.495 e. The molecular formula is C24H21BrF3N3O3S. The van der Waals surface area contributed by atoms with Crippen molar-refractivity contribution in [3.05, 3.63) is 58.2 Å². The number of fused-ring (bicyclic) bond motifs is 1. The van der Waals surface area contributed by atoms with Gasteiger partial charge in [0.25, 0.3) is 5.91 Å². The number of hydrogen-bond acceptors (Lipinski definition) is 5. The Morgan fingerprint density at radius 1 is 1.31 bits per heavy atom. The van der Waals surface area contributed by atoms with Crippen LogP contribution in [0.5, 0.6) is 5.75 Å². The van der Waals surface area contributed by atoms with Crippen molar-refractivity contribution in [2.75, 3.05) is 32.1 Å². The molecule has 1 fully saturated rings. The summed E-state index contributed by atoms with van der Waals surface area (Å²) in [6.45, 7) is 2.35. The molecule has 2 aromatic heterocycles. The predicted octanol–water partition coefficient (Wildman–Crippen LogP) is 4.99. The zero-order valence-electron chi connectivity index (χ0n) is 18.7. The van der Waals surface area contributed by atoms with E-state index in [1.165, 1.54) is 11.5 Å². The number of nitrogens with zero attached hydrogens (tertiary/aromatic N) is 2. The fourth-order valence-corrected chi connectivity index (χ4v) is 4.95. The first kappa shape index (κ1) is 25.3. The van der Waals surface area contributed by atoms with Crippen LogP contribution in [0.2, 0.25) is 0 Å². The van der Waals surface area contributed by atoms with Crippen LogP contribution in [-0.2, 0) is 0 Å². The summed E-state index contributed by atoms with van der Waals surface area (Å²) in [5, 5.41) is 12.9. The van der Waals surface area contributed by atoms with Crippen molar-refractivity contribution in [2.45, 2.75) is 23.1 Å². The highest BCUT2D eigenvalue weighted by atomic mass is 79.9. The number of pyridine rings is 1. The minimum absolute atomic E-state index is 0.00767. The number of thioether (sulfide) groups is 1. The Morgan fingerprint density at radius 2 is 2.06 bits per heavy atom. The van der Waals surface area contributed by atoms with Gasteiger partial charge in [-0.3, -0.25) is 4.79 Å². The van der Waals surface area contributed by atoms with Crippen molar-refractivity contribution in [2.24, 2.45) is 0 Å². The van der Waals surface area contributed by atoms with Crippen molar-refractivity contribution >= 4 is 44.8 Å². The number of carbonyl (C=O) groups is 1. The molecule has 11 heteroatoms. The van der Waals surface area contributed by atoms with Gasteiger partial charge in [-0.25, -0.2) is 0 Å². The Hall–Kier alpha value is -2.81. The van der Waals surface area contributed by atoms with E-state index in [9.17, 15) is 23.1 Å². The van der Waals surface area contributed by atoms with Gasteiger partial charge >= 0.3 is 5.51 Å². The number of alkyl halides is 3. The van der Waals surface area contributed by atoms with Crippen LogP contribution in [0.15, 0.2) is 52.1 Å². The number of halogens is 4. The summed E-state index contributed by atoms with van der Waals surface area (Å²) in [5.74, 6) is 5.91. The Labute approximate surface area is 212 Å². The molecule has 35 heavy (non-hydrogen) atoms. The number of rotatable bonds is 5.